The molecule has 0 saturated heterocycles. The van der Waals surface area contributed by atoms with Crippen LogP contribution in [0, 0.1) is 0 Å². The summed E-state index contributed by atoms with van der Waals surface area (Å²) >= 11 is 1.67. The van der Waals surface area contributed by atoms with Gasteiger partial charge >= 0.3 is 6.03 Å². The van der Waals surface area contributed by atoms with Gasteiger partial charge in [-0.3, -0.25) is 4.90 Å². The van der Waals surface area contributed by atoms with E-state index >= 15 is 0 Å². The molecule has 1 unspecified atom stereocenters. The van der Waals surface area contributed by atoms with Crippen molar-refractivity contribution in [2.24, 2.45) is 0 Å². The lowest BCUT2D eigenvalue weighted by Crippen LogP contribution is -2.46. The molecule has 4 aromatic rings. The Kier molecular flexibility index (Phi) is 6.29. The third-order valence-corrected chi connectivity index (χ3v) is 6.70. The second-order valence-electron chi connectivity index (χ2n) is 7.98. The Morgan fingerprint density at radius 1 is 1.00 bits per heavy atom. The molecule has 0 fully saturated rings. The minimum absolute atomic E-state index is 0.238. The number of rotatable bonds is 6. The van der Waals surface area contributed by atoms with E-state index in [1.54, 1.807) is 23.8 Å². The van der Waals surface area contributed by atoms with Crippen molar-refractivity contribution in [1.82, 2.24) is 15.5 Å². The van der Waals surface area contributed by atoms with E-state index < -0.39 is 6.04 Å². The van der Waals surface area contributed by atoms with E-state index in [0.717, 1.165) is 21.6 Å². The Morgan fingerprint density at radius 3 is 2.37 bits per heavy atom. The highest BCUT2D eigenvalue weighted by Gasteiger charge is 2.36. The number of ether oxygens (including phenoxy) is 1. The van der Waals surface area contributed by atoms with Crippen LogP contribution in [0.15, 0.2) is 94.0 Å². The zero-order valence-corrected chi connectivity index (χ0v) is 20.4. The number of nitrogens with zero attached hydrogens (tertiary/aromatic N) is 3. The first-order valence-corrected chi connectivity index (χ1v) is 12.3. The van der Waals surface area contributed by atoms with Gasteiger partial charge in [-0.15, -0.1) is 11.8 Å². The van der Waals surface area contributed by atoms with Crippen LogP contribution in [0.2, 0.25) is 0 Å². The second-order valence-corrected chi connectivity index (χ2v) is 8.86. The Morgan fingerprint density at radius 2 is 1.71 bits per heavy atom. The predicted octanol–water partition coefficient (Wildman–Crippen LogP) is 6.17. The predicted molar refractivity (Wildman–Crippen MR) is 137 cm³/mol. The maximum Gasteiger partial charge on any atom is 0.326 e. The summed E-state index contributed by atoms with van der Waals surface area (Å²) in [7, 11) is 1.61. The number of urea groups is 1. The van der Waals surface area contributed by atoms with E-state index in [4.69, 9.17) is 14.2 Å². The van der Waals surface area contributed by atoms with Gasteiger partial charge in [0.25, 0.3) is 5.89 Å². The standard InChI is InChI=1S/C27H24N4O3S/c1-17-23(26-29-25(30-34-26)19-9-15-22(35-3)16-10-19)24(18-7-5-4-6-8-18)28-27(32)31(17)20-11-13-21(33-2)14-12-20/h4-16,24H,1-3H3,(H,28,32). The fourth-order valence-corrected chi connectivity index (χ4v) is 4.56. The fourth-order valence-electron chi connectivity index (χ4n) is 4.15. The highest BCUT2D eigenvalue weighted by molar-refractivity contribution is 7.98. The summed E-state index contributed by atoms with van der Waals surface area (Å²) in [6.45, 7) is 1.89. The molecule has 0 bridgehead atoms. The zero-order valence-electron chi connectivity index (χ0n) is 19.6. The summed E-state index contributed by atoms with van der Waals surface area (Å²) in [5.41, 5.74) is 3.94. The van der Waals surface area contributed by atoms with E-state index in [9.17, 15) is 4.79 Å². The van der Waals surface area contributed by atoms with Gasteiger partial charge in [0.1, 0.15) is 5.75 Å². The minimum Gasteiger partial charge on any atom is -0.497 e. The summed E-state index contributed by atoms with van der Waals surface area (Å²) in [6, 6.07) is 24.4. The van der Waals surface area contributed by atoms with Crippen molar-refractivity contribution in [1.29, 1.82) is 0 Å². The van der Waals surface area contributed by atoms with Gasteiger partial charge in [-0.25, -0.2) is 4.79 Å². The molecule has 0 radical (unpaired) electrons. The van der Waals surface area contributed by atoms with Gasteiger partial charge in [0.15, 0.2) is 0 Å². The number of carbonyl (C=O) groups is 1. The van der Waals surface area contributed by atoms with Gasteiger partial charge in [-0.1, -0.05) is 35.5 Å². The minimum atomic E-state index is -0.439. The monoisotopic (exact) mass is 484 g/mol. The van der Waals surface area contributed by atoms with Crippen LogP contribution in [0.3, 0.4) is 0 Å². The van der Waals surface area contributed by atoms with Crippen LogP contribution in [0.5, 0.6) is 5.75 Å². The van der Waals surface area contributed by atoms with Crippen LogP contribution in [0.4, 0.5) is 10.5 Å². The van der Waals surface area contributed by atoms with Crippen molar-refractivity contribution in [2.75, 3.05) is 18.3 Å². The molecule has 2 heterocycles. The van der Waals surface area contributed by atoms with E-state index in [0.29, 0.717) is 28.8 Å². The number of thioether (sulfide) groups is 1. The number of carbonyl (C=O) groups excluding carboxylic acids is 1. The van der Waals surface area contributed by atoms with Crippen LogP contribution in [0.25, 0.3) is 17.0 Å². The summed E-state index contributed by atoms with van der Waals surface area (Å²) in [5.74, 6) is 1.57. The molecule has 176 valence electrons. The highest BCUT2D eigenvalue weighted by atomic mass is 32.2. The first-order valence-electron chi connectivity index (χ1n) is 11.1. The van der Waals surface area contributed by atoms with Gasteiger partial charge in [-0.2, -0.15) is 4.98 Å². The van der Waals surface area contributed by atoms with Crippen LogP contribution < -0.4 is 15.0 Å². The second kappa shape index (κ2) is 9.68. The molecule has 1 N–H and O–H groups in total. The molecule has 2 amide bonds. The lowest BCUT2D eigenvalue weighted by Gasteiger charge is -2.35. The average Bonchev–Trinajstić information content (AvgIpc) is 3.39. The molecule has 0 aliphatic carbocycles. The molecule has 0 spiro atoms. The van der Waals surface area contributed by atoms with Gasteiger partial charge < -0.3 is 14.6 Å². The van der Waals surface area contributed by atoms with Gasteiger partial charge in [0.2, 0.25) is 5.82 Å². The number of anilines is 1. The normalized spacial score (nSPS) is 15.8. The number of hydrogen-bond donors (Lipinski definition) is 1. The van der Waals surface area contributed by atoms with Crippen molar-refractivity contribution in [2.45, 2.75) is 17.9 Å². The van der Waals surface area contributed by atoms with Gasteiger partial charge in [0, 0.05) is 16.2 Å². The number of allylic oxidation sites excluding steroid dienone is 1. The number of aromatic nitrogens is 2. The molecule has 1 aromatic heterocycles. The topological polar surface area (TPSA) is 80.5 Å². The molecule has 3 aromatic carbocycles. The Bertz CT molecular complexity index is 1370. The molecular weight excluding hydrogens is 460 g/mol. The van der Waals surface area contributed by atoms with Crippen LogP contribution >= 0.6 is 11.8 Å². The molecule has 5 rings (SSSR count). The first-order chi connectivity index (χ1) is 17.1. The zero-order chi connectivity index (χ0) is 24.4. The first kappa shape index (κ1) is 22.7. The molecule has 1 atom stereocenters. The number of amides is 2. The number of nitrogens with one attached hydrogen (secondary N) is 1. The lowest BCUT2D eigenvalue weighted by molar-refractivity contribution is 0.244. The summed E-state index contributed by atoms with van der Waals surface area (Å²) in [5, 5.41) is 7.36. The van der Waals surface area contributed by atoms with Gasteiger partial charge in [0.05, 0.1) is 24.4 Å². The maximum absolute atomic E-state index is 13.3. The van der Waals surface area contributed by atoms with E-state index in [1.165, 1.54) is 0 Å². The molecule has 1 aliphatic heterocycles. The molecule has 7 nitrogen and oxygen atoms in total. The summed E-state index contributed by atoms with van der Waals surface area (Å²) in [6.07, 6.45) is 2.03. The Hall–Kier alpha value is -4.04. The van der Waals surface area contributed by atoms with Crippen LogP contribution in [-0.2, 0) is 0 Å². The number of hydrogen-bond acceptors (Lipinski definition) is 6. The SMILES string of the molecule is COc1ccc(N2C(=O)NC(c3ccccc3)C(c3nc(-c4ccc(SC)cc4)no3)=C2C)cc1. The smallest absolute Gasteiger partial charge is 0.326 e. The fraction of sp³-hybridized carbons (Fsp3) is 0.148. The lowest BCUT2D eigenvalue weighted by atomic mass is 9.94. The molecule has 0 saturated carbocycles. The van der Waals surface area contributed by atoms with E-state index in [2.05, 4.69) is 10.5 Å². The van der Waals surface area contributed by atoms with Crippen molar-refractivity contribution >= 4 is 29.1 Å². The quantitative estimate of drug-likeness (QED) is 0.330. The highest BCUT2D eigenvalue weighted by Crippen LogP contribution is 2.39. The molecular formula is C27H24N4O3S. The number of benzene rings is 3. The third-order valence-electron chi connectivity index (χ3n) is 5.95. The third kappa shape index (κ3) is 4.40. The van der Waals surface area contributed by atoms with Crippen molar-refractivity contribution < 1.29 is 14.1 Å². The van der Waals surface area contributed by atoms with Crippen molar-refractivity contribution in [3.8, 4) is 17.1 Å². The summed E-state index contributed by atoms with van der Waals surface area (Å²) in [4.78, 5) is 20.8. The van der Waals surface area contributed by atoms with Crippen molar-refractivity contribution in [3.63, 3.8) is 0 Å². The van der Waals surface area contributed by atoms with E-state index in [1.807, 2.05) is 92.0 Å². The average molecular weight is 485 g/mol. The van der Waals surface area contributed by atoms with Crippen LogP contribution in [0.1, 0.15) is 24.4 Å². The summed E-state index contributed by atoms with van der Waals surface area (Å²) < 4.78 is 11.0. The maximum atomic E-state index is 13.3. The molecule has 8 heteroatoms. The molecule has 1 aliphatic rings. The Labute approximate surface area is 207 Å². The number of methoxy groups -OCH3 is 1. The Balaban J connectivity index is 1.61. The molecule has 35 heavy (non-hydrogen) atoms. The van der Waals surface area contributed by atoms with Crippen LogP contribution in [-0.4, -0.2) is 29.5 Å². The van der Waals surface area contributed by atoms with Crippen molar-refractivity contribution in [3.05, 3.63) is 96.0 Å². The van der Waals surface area contributed by atoms with E-state index in [-0.39, 0.29) is 6.03 Å². The van der Waals surface area contributed by atoms with Gasteiger partial charge in [-0.05, 0) is 67.3 Å². The largest absolute Gasteiger partial charge is 0.497 e.